The Bertz CT molecular complexity index is 915. The van der Waals surface area contributed by atoms with Crippen LogP contribution in [0.15, 0.2) is 78.9 Å². The van der Waals surface area contributed by atoms with Gasteiger partial charge in [-0.3, -0.25) is 0 Å². The third-order valence-electron chi connectivity index (χ3n) is 4.15. The zero-order valence-electron chi connectivity index (χ0n) is 14.9. The predicted octanol–water partition coefficient (Wildman–Crippen LogP) is 7.23. The van der Waals surface area contributed by atoms with Gasteiger partial charge in [0.05, 0.1) is 12.2 Å². The Balaban J connectivity index is 1.84. The lowest BCUT2D eigenvalue weighted by molar-refractivity contribution is -0.0683. The summed E-state index contributed by atoms with van der Waals surface area (Å²) in [6.45, 7) is 0.587. The number of halogens is 4. The molecule has 0 saturated carbocycles. The van der Waals surface area contributed by atoms with Crippen LogP contribution in [0.3, 0.4) is 0 Å². The lowest BCUT2D eigenvalue weighted by Crippen LogP contribution is -2.10. The zero-order chi connectivity index (χ0) is 20.0. The molecule has 0 aliphatic carbocycles. The van der Waals surface area contributed by atoms with Crippen molar-refractivity contribution in [1.29, 1.82) is 0 Å². The van der Waals surface area contributed by atoms with Crippen LogP contribution in [0.25, 0.3) is 22.8 Å². The van der Waals surface area contributed by atoms with Crippen molar-refractivity contribution in [3.63, 3.8) is 0 Å². The summed E-state index contributed by atoms with van der Waals surface area (Å²) in [5.41, 5.74) is 1.89. The van der Waals surface area contributed by atoms with Crippen molar-refractivity contribution in [2.24, 2.45) is 0 Å². The summed E-state index contributed by atoms with van der Waals surface area (Å²) in [4.78, 5) is 0. The molecule has 0 saturated heterocycles. The van der Waals surface area contributed by atoms with Gasteiger partial charge < -0.3 is 4.74 Å². The van der Waals surface area contributed by atoms with Gasteiger partial charge in [0.2, 0.25) is 0 Å². The highest BCUT2D eigenvalue weighted by atomic mass is 79.9. The van der Waals surface area contributed by atoms with E-state index in [2.05, 4.69) is 15.9 Å². The second-order valence-corrected chi connectivity index (χ2v) is 6.90. The van der Waals surface area contributed by atoms with E-state index >= 15 is 0 Å². The van der Waals surface area contributed by atoms with Crippen LogP contribution in [-0.2, 0) is 0 Å². The second kappa shape index (κ2) is 9.11. The third-order valence-corrected chi connectivity index (χ3v) is 4.47. The van der Waals surface area contributed by atoms with Crippen molar-refractivity contribution < 1.29 is 17.9 Å². The molecule has 0 amide bonds. The number of hydrogen-bond donors (Lipinski definition) is 0. The van der Waals surface area contributed by atoms with Crippen LogP contribution in [0.1, 0.15) is 11.1 Å². The van der Waals surface area contributed by atoms with E-state index in [1.165, 1.54) is 18.2 Å². The SMILES string of the molecule is FC(F)(F)C(=Cc1ccc(-c2ccc(OCCBr)cc2)cc1)c1ccccc1. The molecule has 0 radical (unpaired) electrons. The normalized spacial score (nSPS) is 12.1. The van der Waals surface area contributed by atoms with Crippen LogP contribution < -0.4 is 4.74 Å². The molecule has 144 valence electrons. The quantitative estimate of drug-likeness (QED) is 0.286. The van der Waals surface area contributed by atoms with Gasteiger partial charge in [-0.15, -0.1) is 0 Å². The first-order chi connectivity index (χ1) is 13.5. The van der Waals surface area contributed by atoms with Crippen molar-refractivity contribution in [2.75, 3.05) is 11.9 Å². The topological polar surface area (TPSA) is 9.23 Å². The maximum absolute atomic E-state index is 13.5. The monoisotopic (exact) mass is 446 g/mol. The molecule has 0 aliphatic rings. The largest absolute Gasteiger partial charge is 0.493 e. The Morgan fingerprint density at radius 3 is 1.93 bits per heavy atom. The van der Waals surface area contributed by atoms with Gasteiger partial charge in [0, 0.05) is 5.33 Å². The summed E-state index contributed by atoms with van der Waals surface area (Å²) in [5.74, 6) is 0.778. The standard InChI is InChI=1S/C23H18BrF3O/c24-14-15-28-21-12-10-19(11-13-21)18-8-6-17(7-9-18)16-22(23(25,26)27)20-4-2-1-3-5-20/h1-13,16H,14-15H2. The molecule has 0 heterocycles. The molecule has 0 aromatic heterocycles. The van der Waals surface area contributed by atoms with Crippen LogP contribution in [0.2, 0.25) is 0 Å². The fourth-order valence-corrected chi connectivity index (χ4v) is 2.95. The minimum absolute atomic E-state index is 0.151. The lowest BCUT2D eigenvalue weighted by Gasteiger charge is -2.12. The molecule has 0 atom stereocenters. The highest BCUT2D eigenvalue weighted by Gasteiger charge is 2.34. The second-order valence-electron chi connectivity index (χ2n) is 6.11. The summed E-state index contributed by atoms with van der Waals surface area (Å²) in [5, 5.41) is 0.757. The number of allylic oxidation sites excluding steroid dienone is 1. The first kappa shape index (κ1) is 20.2. The molecular weight excluding hydrogens is 429 g/mol. The first-order valence-corrected chi connectivity index (χ1v) is 9.83. The number of hydrogen-bond acceptors (Lipinski definition) is 1. The van der Waals surface area contributed by atoms with Crippen LogP contribution in [0, 0.1) is 0 Å². The Morgan fingerprint density at radius 2 is 1.39 bits per heavy atom. The van der Waals surface area contributed by atoms with E-state index in [-0.39, 0.29) is 5.56 Å². The van der Waals surface area contributed by atoms with Crippen molar-refractivity contribution >= 4 is 27.6 Å². The summed E-state index contributed by atoms with van der Waals surface area (Å²) >= 11 is 3.31. The van der Waals surface area contributed by atoms with Gasteiger partial charge in [-0.05, 0) is 40.5 Å². The molecule has 28 heavy (non-hydrogen) atoms. The number of rotatable bonds is 6. The Morgan fingerprint density at radius 1 is 0.821 bits per heavy atom. The van der Waals surface area contributed by atoms with Crippen LogP contribution >= 0.6 is 15.9 Å². The number of ether oxygens (including phenoxy) is 1. The molecule has 0 unspecified atom stereocenters. The summed E-state index contributed by atoms with van der Waals surface area (Å²) in [7, 11) is 0. The summed E-state index contributed by atoms with van der Waals surface area (Å²) < 4.78 is 46.0. The van der Waals surface area contributed by atoms with Crippen LogP contribution in [-0.4, -0.2) is 18.1 Å². The van der Waals surface area contributed by atoms with Crippen molar-refractivity contribution in [1.82, 2.24) is 0 Å². The van der Waals surface area contributed by atoms with Crippen molar-refractivity contribution in [3.8, 4) is 16.9 Å². The van der Waals surface area contributed by atoms with Gasteiger partial charge in [-0.2, -0.15) is 13.2 Å². The number of alkyl halides is 4. The Hall–Kier alpha value is -2.53. The van der Waals surface area contributed by atoms with Gasteiger partial charge in [0.1, 0.15) is 5.75 Å². The highest BCUT2D eigenvalue weighted by Crippen LogP contribution is 2.35. The van der Waals surface area contributed by atoms with Crippen LogP contribution in [0.5, 0.6) is 5.75 Å². The summed E-state index contributed by atoms with van der Waals surface area (Å²) in [6, 6.07) is 22.5. The van der Waals surface area contributed by atoms with E-state index in [1.54, 1.807) is 30.3 Å². The molecule has 3 aromatic rings. The summed E-state index contributed by atoms with van der Waals surface area (Å²) in [6.07, 6.45) is -3.25. The molecular formula is C23H18BrF3O. The van der Waals surface area contributed by atoms with E-state index < -0.39 is 11.7 Å². The van der Waals surface area contributed by atoms with Gasteiger partial charge in [0.25, 0.3) is 0 Å². The van der Waals surface area contributed by atoms with Gasteiger partial charge >= 0.3 is 6.18 Å². The maximum Gasteiger partial charge on any atom is 0.417 e. The first-order valence-electron chi connectivity index (χ1n) is 8.71. The average Bonchev–Trinajstić information content (AvgIpc) is 2.71. The molecule has 0 aliphatic heterocycles. The van der Waals surface area contributed by atoms with Gasteiger partial charge in [-0.1, -0.05) is 82.7 Å². The van der Waals surface area contributed by atoms with Crippen molar-refractivity contribution in [3.05, 3.63) is 90.0 Å². The van der Waals surface area contributed by atoms with Gasteiger partial charge in [0.15, 0.2) is 0 Å². The molecule has 0 fully saturated rings. The zero-order valence-corrected chi connectivity index (χ0v) is 16.5. The van der Waals surface area contributed by atoms with E-state index in [9.17, 15) is 13.2 Å². The Kier molecular flexibility index (Phi) is 6.57. The van der Waals surface area contributed by atoms with E-state index in [0.29, 0.717) is 12.2 Å². The third kappa shape index (κ3) is 5.26. The molecule has 0 spiro atoms. The number of benzene rings is 3. The molecule has 0 bridgehead atoms. The van der Waals surface area contributed by atoms with E-state index in [0.717, 1.165) is 22.2 Å². The van der Waals surface area contributed by atoms with Crippen molar-refractivity contribution in [2.45, 2.75) is 6.18 Å². The van der Waals surface area contributed by atoms with E-state index in [1.807, 2.05) is 36.4 Å². The molecule has 3 aromatic carbocycles. The minimum atomic E-state index is -4.43. The fourth-order valence-electron chi connectivity index (χ4n) is 2.79. The smallest absolute Gasteiger partial charge is 0.417 e. The molecule has 0 N–H and O–H groups in total. The lowest BCUT2D eigenvalue weighted by atomic mass is 10.00. The Labute approximate surface area is 170 Å². The predicted molar refractivity (Wildman–Crippen MR) is 112 cm³/mol. The van der Waals surface area contributed by atoms with Gasteiger partial charge in [-0.25, -0.2) is 0 Å². The fraction of sp³-hybridized carbons (Fsp3) is 0.130. The van der Waals surface area contributed by atoms with Crippen LogP contribution in [0.4, 0.5) is 13.2 Å². The van der Waals surface area contributed by atoms with E-state index in [4.69, 9.17) is 4.74 Å². The molecule has 5 heteroatoms. The molecule has 1 nitrogen and oxygen atoms in total. The highest BCUT2D eigenvalue weighted by molar-refractivity contribution is 9.09. The maximum atomic E-state index is 13.5. The molecule has 3 rings (SSSR count). The average molecular weight is 447 g/mol. The minimum Gasteiger partial charge on any atom is -0.493 e.